The summed E-state index contributed by atoms with van der Waals surface area (Å²) in [6.45, 7) is 3.61. The maximum absolute atomic E-state index is 5.95. The Kier molecular flexibility index (Phi) is 2.30. The van der Waals surface area contributed by atoms with Gasteiger partial charge in [-0.1, -0.05) is 29.8 Å². The highest BCUT2D eigenvalue weighted by atomic mass is 15.0. The minimum absolute atomic E-state index is 0.593. The summed E-state index contributed by atoms with van der Waals surface area (Å²) in [4.78, 5) is 8.93. The van der Waals surface area contributed by atoms with Crippen molar-refractivity contribution in [3.05, 3.63) is 41.1 Å². The van der Waals surface area contributed by atoms with Crippen LogP contribution in [0.15, 0.2) is 24.3 Å². The summed E-state index contributed by atoms with van der Waals surface area (Å²) in [6, 6.07) is 8.17. The summed E-state index contributed by atoms with van der Waals surface area (Å²) in [7, 11) is 0. The SMILES string of the molecule is Cc1ccc(-c2nc(N)c3c(n2)CNC3)cc1. The Bertz CT molecular complexity index is 560. The summed E-state index contributed by atoms with van der Waals surface area (Å²) in [5, 5.41) is 3.23. The molecule has 0 bridgehead atoms. The Labute approximate surface area is 99.9 Å². The first-order chi connectivity index (χ1) is 8.24. The van der Waals surface area contributed by atoms with E-state index in [4.69, 9.17) is 5.73 Å². The highest BCUT2D eigenvalue weighted by Gasteiger charge is 2.17. The quantitative estimate of drug-likeness (QED) is 0.776. The first-order valence-electron chi connectivity index (χ1n) is 5.67. The van der Waals surface area contributed by atoms with Gasteiger partial charge in [0.25, 0.3) is 0 Å². The first-order valence-corrected chi connectivity index (χ1v) is 5.67. The molecule has 0 atom stereocenters. The third kappa shape index (κ3) is 1.76. The first kappa shape index (κ1) is 10.2. The monoisotopic (exact) mass is 226 g/mol. The molecule has 4 heteroatoms. The third-order valence-electron chi connectivity index (χ3n) is 3.03. The predicted octanol–water partition coefficient (Wildman–Crippen LogP) is 1.64. The molecule has 4 nitrogen and oxygen atoms in total. The van der Waals surface area contributed by atoms with Crippen LogP contribution in [0.3, 0.4) is 0 Å². The summed E-state index contributed by atoms with van der Waals surface area (Å²) >= 11 is 0. The molecule has 1 aliphatic heterocycles. The van der Waals surface area contributed by atoms with Crippen molar-refractivity contribution < 1.29 is 0 Å². The second-order valence-electron chi connectivity index (χ2n) is 4.33. The fraction of sp³-hybridized carbons (Fsp3) is 0.231. The zero-order valence-corrected chi connectivity index (χ0v) is 9.70. The second kappa shape index (κ2) is 3.82. The molecule has 0 saturated carbocycles. The van der Waals surface area contributed by atoms with E-state index < -0.39 is 0 Å². The van der Waals surface area contributed by atoms with Crippen LogP contribution in [0.2, 0.25) is 0 Å². The molecule has 0 saturated heterocycles. The number of nitrogens with zero attached hydrogens (tertiary/aromatic N) is 2. The lowest BCUT2D eigenvalue weighted by Gasteiger charge is -2.06. The normalized spacial score (nSPS) is 13.7. The Morgan fingerprint density at radius 2 is 1.88 bits per heavy atom. The largest absolute Gasteiger partial charge is 0.383 e. The number of nitrogen functional groups attached to an aromatic ring is 1. The fourth-order valence-corrected chi connectivity index (χ4v) is 2.03. The smallest absolute Gasteiger partial charge is 0.161 e. The lowest BCUT2D eigenvalue weighted by atomic mass is 10.1. The molecule has 0 spiro atoms. The van der Waals surface area contributed by atoms with E-state index in [9.17, 15) is 0 Å². The topological polar surface area (TPSA) is 63.8 Å². The van der Waals surface area contributed by atoms with Crippen molar-refractivity contribution in [3.63, 3.8) is 0 Å². The highest BCUT2D eigenvalue weighted by Crippen LogP contribution is 2.23. The van der Waals surface area contributed by atoms with Crippen molar-refractivity contribution >= 4 is 5.82 Å². The van der Waals surface area contributed by atoms with Gasteiger partial charge >= 0.3 is 0 Å². The van der Waals surface area contributed by atoms with Gasteiger partial charge in [-0.3, -0.25) is 0 Å². The van der Waals surface area contributed by atoms with Crippen molar-refractivity contribution in [2.75, 3.05) is 5.73 Å². The van der Waals surface area contributed by atoms with E-state index in [1.165, 1.54) is 5.56 Å². The lowest BCUT2D eigenvalue weighted by Crippen LogP contribution is -2.03. The summed E-state index contributed by atoms with van der Waals surface area (Å²) in [5.41, 5.74) is 10.3. The van der Waals surface area contributed by atoms with E-state index in [0.29, 0.717) is 11.6 Å². The van der Waals surface area contributed by atoms with E-state index in [2.05, 4.69) is 34.3 Å². The number of fused-ring (bicyclic) bond motifs is 1. The van der Waals surface area contributed by atoms with Crippen LogP contribution in [-0.2, 0) is 13.1 Å². The zero-order chi connectivity index (χ0) is 11.8. The van der Waals surface area contributed by atoms with Crippen LogP contribution in [0.5, 0.6) is 0 Å². The minimum atomic E-state index is 0.593. The van der Waals surface area contributed by atoms with Crippen LogP contribution in [0.1, 0.15) is 16.8 Å². The molecule has 3 N–H and O–H groups in total. The molecular formula is C13H14N4. The molecular weight excluding hydrogens is 212 g/mol. The molecule has 3 rings (SSSR count). The van der Waals surface area contributed by atoms with Gasteiger partial charge in [0.2, 0.25) is 0 Å². The molecule has 0 radical (unpaired) electrons. The number of nitrogens with one attached hydrogen (secondary N) is 1. The number of hydrogen-bond donors (Lipinski definition) is 2. The fourth-order valence-electron chi connectivity index (χ4n) is 2.03. The number of aromatic nitrogens is 2. The van der Waals surface area contributed by atoms with Crippen molar-refractivity contribution in [2.24, 2.45) is 0 Å². The van der Waals surface area contributed by atoms with Crippen molar-refractivity contribution in [1.82, 2.24) is 15.3 Å². The molecule has 86 valence electrons. The van der Waals surface area contributed by atoms with Crippen LogP contribution in [-0.4, -0.2) is 9.97 Å². The van der Waals surface area contributed by atoms with Crippen LogP contribution >= 0.6 is 0 Å². The Morgan fingerprint density at radius 1 is 1.12 bits per heavy atom. The van der Waals surface area contributed by atoms with E-state index in [0.717, 1.165) is 29.9 Å². The van der Waals surface area contributed by atoms with Gasteiger partial charge in [-0.15, -0.1) is 0 Å². The number of aryl methyl sites for hydroxylation is 1. The van der Waals surface area contributed by atoms with Gasteiger partial charge in [0.05, 0.1) is 5.69 Å². The zero-order valence-electron chi connectivity index (χ0n) is 9.70. The van der Waals surface area contributed by atoms with Crippen molar-refractivity contribution in [1.29, 1.82) is 0 Å². The second-order valence-corrected chi connectivity index (χ2v) is 4.33. The van der Waals surface area contributed by atoms with E-state index in [-0.39, 0.29) is 0 Å². The molecule has 2 aromatic rings. The van der Waals surface area contributed by atoms with Crippen LogP contribution in [0, 0.1) is 6.92 Å². The molecule has 2 heterocycles. The van der Waals surface area contributed by atoms with Gasteiger partial charge < -0.3 is 11.1 Å². The van der Waals surface area contributed by atoms with Crippen LogP contribution < -0.4 is 11.1 Å². The Balaban J connectivity index is 2.10. The van der Waals surface area contributed by atoms with E-state index in [1.54, 1.807) is 0 Å². The average molecular weight is 226 g/mol. The summed E-state index contributed by atoms with van der Waals surface area (Å²) < 4.78 is 0. The van der Waals surface area contributed by atoms with Crippen LogP contribution in [0.4, 0.5) is 5.82 Å². The molecule has 1 aromatic heterocycles. The molecule has 17 heavy (non-hydrogen) atoms. The van der Waals surface area contributed by atoms with E-state index in [1.807, 2.05) is 12.1 Å². The standard InChI is InChI=1S/C13H14N4/c1-8-2-4-9(5-3-8)13-16-11-7-15-6-10(11)12(14)17-13/h2-5,15H,6-7H2,1H3,(H2,14,16,17). The van der Waals surface area contributed by atoms with Gasteiger partial charge in [-0.05, 0) is 6.92 Å². The number of anilines is 1. The molecule has 0 unspecified atom stereocenters. The third-order valence-corrected chi connectivity index (χ3v) is 3.03. The van der Waals surface area contributed by atoms with E-state index >= 15 is 0 Å². The number of hydrogen-bond acceptors (Lipinski definition) is 4. The minimum Gasteiger partial charge on any atom is -0.383 e. The molecule has 1 aliphatic rings. The van der Waals surface area contributed by atoms with Gasteiger partial charge in [-0.25, -0.2) is 9.97 Å². The Morgan fingerprint density at radius 3 is 2.65 bits per heavy atom. The molecule has 0 amide bonds. The maximum Gasteiger partial charge on any atom is 0.161 e. The number of rotatable bonds is 1. The number of benzene rings is 1. The van der Waals surface area contributed by atoms with Crippen molar-refractivity contribution in [3.8, 4) is 11.4 Å². The van der Waals surface area contributed by atoms with Gasteiger partial charge in [0.15, 0.2) is 5.82 Å². The van der Waals surface area contributed by atoms with Gasteiger partial charge in [0, 0.05) is 24.2 Å². The molecule has 0 fully saturated rings. The number of nitrogens with two attached hydrogens (primary N) is 1. The van der Waals surface area contributed by atoms with Gasteiger partial charge in [0.1, 0.15) is 5.82 Å². The van der Waals surface area contributed by atoms with Crippen molar-refractivity contribution in [2.45, 2.75) is 20.0 Å². The summed E-state index contributed by atoms with van der Waals surface area (Å²) in [5.74, 6) is 1.31. The molecule has 0 aliphatic carbocycles. The van der Waals surface area contributed by atoms with Crippen LogP contribution in [0.25, 0.3) is 11.4 Å². The highest BCUT2D eigenvalue weighted by molar-refractivity contribution is 5.59. The molecule has 1 aromatic carbocycles. The Hall–Kier alpha value is -1.94. The average Bonchev–Trinajstić information content (AvgIpc) is 2.78. The predicted molar refractivity (Wildman–Crippen MR) is 67.2 cm³/mol. The lowest BCUT2D eigenvalue weighted by molar-refractivity contribution is 0.758. The maximum atomic E-state index is 5.95. The van der Waals surface area contributed by atoms with Gasteiger partial charge in [-0.2, -0.15) is 0 Å². The summed E-state index contributed by atoms with van der Waals surface area (Å²) in [6.07, 6.45) is 0.